The summed E-state index contributed by atoms with van der Waals surface area (Å²) in [4.78, 5) is 12.2. The number of rotatable bonds is 7. The van der Waals surface area contributed by atoms with Crippen LogP contribution in [0.3, 0.4) is 0 Å². The number of thioether (sulfide) groups is 1. The van der Waals surface area contributed by atoms with Crippen molar-refractivity contribution in [1.82, 2.24) is 0 Å². The fourth-order valence-electron chi connectivity index (χ4n) is 1.95. The maximum atomic E-state index is 11.0. The van der Waals surface area contributed by atoms with Crippen LogP contribution in [0.1, 0.15) is 29.3 Å². The molecule has 2 aromatic rings. The summed E-state index contributed by atoms with van der Waals surface area (Å²) in [6, 6.07) is 15.3. The highest BCUT2D eigenvalue weighted by molar-refractivity contribution is 7.98. The molecule has 0 unspecified atom stereocenters. The van der Waals surface area contributed by atoms with Crippen molar-refractivity contribution < 1.29 is 9.90 Å². The third-order valence-electron chi connectivity index (χ3n) is 3.02. The molecule has 0 aliphatic carbocycles. The van der Waals surface area contributed by atoms with E-state index >= 15 is 0 Å². The molecule has 0 saturated heterocycles. The Kier molecular flexibility index (Phi) is 5.69. The standard InChI is InChI=1S/C17H19NO2S/c1-2-10-18-15-8-3-4-9-16(15)21-12-13-6-5-7-14(11-13)17(19)20/h3-9,11,18H,2,10,12H2,1H3,(H,19,20). The van der Waals surface area contributed by atoms with Gasteiger partial charge in [0.05, 0.1) is 5.56 Å². The van der Waals surface area contributed by atoms with Gasteiger partial charge < -0.3 is 10.4 Å². The van der Waals surface area contributed by atoms with Gasteiger partial charge in [-0.2, -0.15) is 0 Å². The molecule has 0 aliphatic rings. The summed E-state index contributed by atoms with van der Waals surface area (Å²) in [5.74, 6) is -0.127. The van der Waals surface area contributed by atoms with Crippen LogP contribution in [-0.4, -0.2) is 17.6 Å². The molecule has 0 atom stereocenters. The molecule has 0 aliphatic heterocycles. The van der Waals surface area contributed by atoms with E-state index in [0.717, 1.165) is 30.0 Å². The first-order chi connectivity index (χ1) is 10.2. The predicted molar refractivity (Wildman–Crippen MR) is 88.2 cm³/mol. The van der Waals surface area contributed by atoms with Gasteiger partial charge in [-0.1, -0.05) is 31.2 Å². The lowest BCUT2D eigenvalue weighted by molar-refractivity contribution is 0.0697. The van der Waals surface area contributed by atoms with Crippen LogP contribution in [0.25, 0.3) is 0 Å². The molecule has 2 N–H and O–H groups in total. The number of benzene rings is 2. The van der Waals surface area contributed by atoms with Crippen molar-refractivity contribution in [2.24, 2.45) is 0 Å². The van der Waals surface area contributed by atoms with Crippen LogP contribution >= 0.6 is 11.8 Å². The molecule has 0 bridgehead atoms. The van der Waals surface area contributed by atoms with Gasteiger partial charge >= 0.3 is 5.97 Å². The highest BCUT2D eigenvalue weighted by Gasteiger charge is 2.05. The Morgan fingerprint density at radius 3 is 2.76 bits per heavy atom. The number of aromatic carboxylic acids is 1. The van der Waals surface area contributed by atoms with E-state index in [9.17, 15) is 4.79 Å². The van der Waals surface area contributed by atoms with E-state index in [1.807, 2.05) is 18.2 Å². The number of anilines is 1. The van der Waals surface area contributed by atoms with Crippen LogP contribution in [-0.2, 0) is 5.75 Å². The number of hydrogen-bond donors (Lipinski definition) is 2. The molecule has 0 fully saturated rings. The maximum absolute atomic E-state index is 11.0. The summed E-state index contributed by atoms with van der Waals surface area (Å²) in [5, 5.41) is 12.4. The Balaban J connectivity index is 2.06. The van der Waals surface area contributed by atoms with Gasteiger partial charge in [0.2, 0.25) is 0 Å². The molecule has 2 aromatic carbocycles. The Morgan fingerprint density at radius 2 is 2.00 bits per heavy atom. The first-order valence-corrected chi connectivity index (χ1v) is 7.97. The molecule has 4 heteroatoms. The minimum absolute atomic E-state index is 0.338. The van der Waals surface area contributed by atoms with Crippen LogP contribution in [0.5, 0.6) is 0 Å². The monoisotopic (exact) mass is 301 g/mol. The predicted octanol–water partition coefficient (Wildman–Crippen LogP) is 4.50. The highest BCUT2D eigenvalue weighted by atomic mass is 32.2. The van der Waals surface area contributed by atoms with Crippen LogP contribution < -0.4 is 5.32 Å². The minimum atomic E-state index is -0.883. The van der Waals surface area contributed by atoms with Crippen molar-refractivity contribution in [3.05, 3.63) is 59.7 Å². The van der Waals surface area contributed by atoms with E-state index in [-0.39, 0.29) is 0 Å². The molecule has 0 amide bonds. The number of carboxylic acid groups (broad SMARTS) is 1. The van der Waals surface area contributed by atoms with Crippen LogP contribution in [0.15, 0.2) is 53.4 Å². The van der Waals surface area contributed by atoms with Gasteiger partial charge in [-0.05, 0) is 36.2 Å². The quantitative estimate of drug-likeness (QED) is 0.739. The van der Waals surface area contributed by atoms with Crippen molar-refractivity contribution >= 4 is 23.4 Å². The molecule has 0 saturated carbocycles. The van der Waals surface area contributed by atoms with Gasteiger partial charge in [0.1, 0.15) is 0 Å². The summed E-state index contributed by atoms with van der Waals surface area (Å²) in [6.45, 7) is 3.09. The second-order valence-corrected chi connectivity index (χ2v) is 5.73. The van der Waals surface area contributed by atoms with E-state index < -0.39 is 5.97 Å². The van der Waals surface area contributed by atoms with Crippen molar-refractivity contribution in [1.29, 1.82) is 0 Å². The third-order valence-corrected chi connectivity index (χ3v) is 4.17. The lowest BCUT2D eigenvalue weighted by Crippen LogP contribution is -2.00. The average molecular weight is 301 g/mol. The summed E-state index contributed by atoms with van der Waals surface area (Å²) >= 11 is 1.72. The summed E-state index contributed by atoms with van der Waals surface area (Å²) in [6.07, 6.45) is 1.08. The lowest BCUT2D eigenvalue weighted by Gasteiger charge is -2.11. The zero-order valence-electron chi connectivity index (χ0n) is 12.0. The van der Waals surface area contributed by atoms with E-state index in [1.54, 1.807) is 30.0 Å². The van der Waals surface area contributed by atoms with E-state index in [2.05, 4.69) is 24.4 Å². The summed E-state index contributed by atoms with van der Waals surface area (Å²) in [5.41, 5.74) is 2.49. The normalized spacial score (nSPS) is 10.3. The van der Waals surface area contributed by atoms with Gasteiger partial charge in [0.25, 0.3) is 0 Å². The van der Waals surface area contributed by atoms with E-state index in [1.165, 1.54) is 4.90 Å². The fraction of sp³-hybridized carbons (Fsp3) is 0.235. The molecule has 3 nitrogen and oxygen atoms in total. The molecule has 0 spiro atoms. The zero-order valence-corrected chi connectivity index (χ0v) is 12.8. The van der Waals surface area contributed by atoms with Gasteiger partial charge in [0, 0.05) is 22.9 Å². The number of hydrogen-bond acceptors (Lipinski definition) is 3. The number of carbonyl (C=O) groups is 1. The molecule has 2 rings (SSSR count). The Bertz CT molecular complexity index is 613. The fourth-order valence-corrected chi connectivity index (χ4v) is 2.93. The number of para-hydroxylation sites is 1. The largest absolute Gasteiger partial charge is 0.478 e. The number of carboxylic acids is 1. The summed E-state index contributed by atoms with van der Waals surface area (Å²) < 4.78 is 0. The van der Waals surface area contributed by atoms with Crippen LogP contribution in [0.2, 0.25) is 0 Å². The van der Waals surface area contributed by atoms with E-state index in [4.69, 9.17) is 5.11 Å². The van der Waals surface area contributed by atoms with Crippen molar-refractivity contribution in [3.63, 3.8) is 0 Å². The zero-order chi connectivity index (χ0) is 15.1. The first-order valence-electron chi connectivity index (χ1n) is 6.98. The number of nitrogens with one attached hydrogen (secondary N) is 1. The van der Waals surface area contributed by atoms with Crippen molar-refractivity contribution in [2.45, 2.75) is 24.0 Å². The Labute approximate surface area is 129 Å². The molecule has 21 heavy (non-hydrogen) atoms. The SMILES string of the molecule is CCCNc1ccccc1SCc1cccc(C(=O)O)c1. The van der Waals surface area contributed by atoms with Crippen molar-refractivity contribution in [3.8, 4) is 0 Å². The molecular weight excluding hydrogens is 282 g/mol. The average Bonchev–Trinajstić information content (AvgIpc) is 2.52. The molecule has 0 aromatic heterocycles. The summed E-state index contributed by atoms with van der Waals surface area (Å²) in [7, 11) is 0. The van der Waals surface area contributed by atoms with Crippen LogP contribution in [0, 0.1) is 0 Å². The molecule has 0 heterocycles. The second kappa shape index (κ2) is 7.74. The smallest absolute Gasteiger partial charge is 0.335 e. The molecule has 0 radical (unpaired) electrons. The maximum Gasteiger partial charge on any atom is 0.335 e. The van der Waals surface area contributed by atoms with Gasteiger partial charge in [-0.3, -0.25) is 0 Å². The Morgan fingerprint density at radius 1 is 1.19 bits per heavy atom. The minimum Gasteiger partial charge on any atom is -0.478 e. The lowest BCUT2D eigenvalue weighted by atomic mass is 10.1. The first kappa shape index (κ1) is 15.4. The van der Waals surface area contributed by atoms with Gasteiger partial charge in [0.15, 0.2) is 0 Å². The van der Waals surface area contributed by atoms with Crippen molar-refractivity contribution in [2.75, 3.05) is 11.9 Å². The molecule has 110 valence electrons. The van der Waals surface area contributed by atoms with Crippen LogP contribution in [0.4, 0.5) is 5.69 Å². The topological polar surface area (TPSA) is 49.3 Å². The second-order valence-electron chi connectivity index (χ2n) is 4.72. The van der Waals surface area contributed by atoms with Gasteiger partial charge in [-0.25, -0.2) is 4.79 Å². The van der Waals surface area contributed by atoms with Gasteiger partial charge in [-0.15, -0.1) is 11.8 Å². The molecular formula is C17H19NO2S. The highest BCUT2D eigenvalue weighted by Crippen LogP contribution is 2.29. The van der Waals surface area contributed by atoms with E-state index in [0.29, 0.717) is 5.56 Å². The third kappa shape index (κ3) is 4.53. The Hall–Kier alpha value is -1.94.